The van der Waals surface area contributed by atoms with Crippen LogP contribution in [0.5, 0.6) is 5.75 Å². The maximum absolute atomic E-state index is 13.8. The van der Waals surface area contributed by atoms with Crippen LogP contribution < -0.4 is 10.1 Å². The summed E-state index contributed by atoms with van der Waals surface area (Å²) in [5, 5.41) is 3.20. The fraction of sp³-hybridized carbons (Fsp3) is 0.250. The second-order valence-corrected chi connectivity index (χ2v) is 5.47. The Bertz CT molecular complexity index is 650. The quantitative estimate of drug-likeness (QED) is 0.887. The predicted molar refractivity (Wildman–Crippen MR) is 84.8 cm³/mol. The Morgan fingerprint density at radius 1 is 1.09 bits per heavy atom. The van der Waals surface area contributed by atoms with Gasteiger partial charge in [-0.2, -0.15) is 0 Å². The van der Waals surface area contributed by atoms with Crippen molar-refractivity contribution in [1.82, 2.24) is 5.32 Å². The number of ether oxygens (including phenoxy) is 1. The number of benzene rings is 2. The Morgan fingerprint density at radius 2 is 1.82 bits per heavy atom. The van der Waals surface area contributed by atoms with E-state index in [4.69, 9.17) is 16.3 Å². The van der Waals surface area contributed by atoms with Crippen LogP contribution in [-0.4, -0.2) is 13.1 Å². The summed E-state index contributed by atoms with van der Waals surface area (Å²) in [5.74, 6) is -0.499. The summed E-state index contributed by atoms with van der Waals surface area (Å²) in [7, 11) is 0. The SMILES string of the molecule is Cl.Fc1ccc(C(Oc2ccccc2F)C2CNC2)cc1Cl. The van der Waals surface area contributed by atoms with Crippen molar-refractivity contribution in [2.45, 2.75) is 6.10 Å². The van der Waals surface area contributed by atoms with Gasteiger partial charge in [-0.3, -0.25) is 0 Å². The van der Waals surface area contributed by atoms with Gasteiger partial charge < -0.3 is 10.1 Å². The Labute approximate surface area is 138 Å². The summed E-state index contributed by atoms with van der Waals surface area (Å²) in [6, 6.07) is 10.7. The minimum absolute atomic E-state index is 0. The third-order valence-electron chi connectivity index (χ3n) is 3.60. The second-order valence-electron chi connectivity index (χ2n) is 5.06. The minimum atomic E-state index is -0.475. The van der Waals surface area contributed by atoms with Gasteiger partial charge in [-0.05, 0) is 29.8 Å². The fourth-order valence-electron chi connectivity index (χ4n) is 2.33. The van der Waals surface area contributed by atoms with E-state index in [-0.39, 0.29) is 35.2 Å². The van der Waals surface area contributed by atoms with E-state index in [9.17, 15) is 8.78 Å². The molecule has 2 aromatic carbocycles. The van der Waals surface area contributed by atoms with E-state index < -0.39 is 11.6 Å². The lowest BCUT2D eigenvalue weighted by atomic mass is 9.90. The van der Waals surface area contributed by atoms with Crippen molar-refractivity contribution in [3.8, 4) is 5.75 Å². The third kappa shape index (κ3) is 3.51. The van der Waals surface area contributed by atoms with Crippen molar-refractivity contribution in [2.75, 3.05) is 13.1 Å². The molecule has 1 aliphatic rings. The molecule has 0 bridgehead atoms. The molecule has 118 valence electrons. The monoisotopic (exact) mass is 345 g/mol. The van der Waals surface area contributed by atoms with Crippen molar-refractivity contribution in [3.63, 3.8) is 0 Å². The summed E-state index contributed by atoms with van der Waals surface area (Å²) in [4.78, 5) is 0. The fourth-order valence-corrected chi connectivity index (χ4v) is 2.52. The molecule has 2 nitrogen and oxygen atoms in total. The van der Waals surface area contributed by atoms with Gasteiger partial charge in [-0.1, -0.05) is 29.8 Å². The van der Waals surface area contributed by atoms with E-state index in [2.05, 4.69) is 5.32 Å². The molecule has 22 heavy (non-hydrogen) atoms. The van der Waals surface area contributed by atoms with Crippen LogP contribution in [0.1, 0.15) is 11.7 Å². The zero-order valence-corrected chi connectivity index (χ0v) is 13.1. The lowest BCUT2D eigenvalue weighted by Crippen LogP contribution is -2.46. The number of hydrogen-bond donors (Lipinski definition) is 1. The molecule has 0 amide bonds. The first kappa shape index (κ1) is 17.0. The average molecular weight is 346 g/mol. The standard InChI is InChI=1S/C16H14ClF2NO.ClH/c17-12-7-10(5-6-13(12)18)16(11-8-20-9-11)21-15-4-2-1-3-14(15)19;/h1-7,11,16,20H,8-9H2;1H. The van der Waals surface area contributed by atoms with Gasteiger partial charge in [-0.25, -0.2) is 8.78 Å². The van der Waals surface area contributed by atoms with E-state index in [0.29, 0.717) is 0 Å². The van der Waals surface area contributed by atoms with Crippen LogP contribution in [0.25, 0.3) is 0 Å². The maximum atomic E-state index is 13.8. The summed E-state index contributed by atoms with van der Waals surface area (Å²) in [6.07, 6.45) is -0.360. The number of rotatable bonds is 4. The Hall–Kier alpha value is -1.36. The second kappa shape index (κ2) is 7.27. The summed E-state index contributed by atoms with van der Waals surface area (Å²) in [6.45, 7) is 1.54. The predicted octanol–water partition coefficient (Wildman–Crippen LogP) is 4.38. The molecule has 1 N–H and O–H groups in total. The largest absolute Gasteiger partial charge is 0.482 e. The normalized spacial score (nSPS) is 15.6. The highest BCUT2D eigenvalue weighted by atomic mass is 35.5. The van der Waals surface area contributed by atoms with Crippen LogP contribution >= 0.6 is 24.0 Å². The molecule has 2 aromatic rings. The van der Waals surface area contributed by atoms with Crippen molar-refractivity contribution in [2.24, 2.45) is 5.92 Å². The van der Waals surface area contributed by atoms with Gasteiger partial charge in [0, 0.05) is 19.0 Å². The average Bonchev–Trinajstić information content (AvgIpc) is 2.41. The molecule has 1 saturated heterocycles. The van der Waals surface area contributed by atoms with Gasteiger partial charge in [0.2, 0.25) is 0 Å². The van der Waals surface area contributed by atoms with E-state index in [0.717, 1.165) is 18.7 Å². The van der Waals surface area contributed by atoms with E-state index in [1.807, 2.05) is 0 Å². The maximum Gasteiger partial charge on any atom is 0.165 e. The van der Waals surface area contributed by atoms with Crippen LogP contribution in [0, 0.1) is 17.6 Å². The van der Waals surface area contributed by atoms with Gasteiger partial charge in [0.05, 0.1) is 5.02 Å². The zero-order valence-electron chi connectivity index (χ0n) is 11.6. The third-order valence-corrected chi connectivity index (χ3v) is 3.89. The van der Waals surface area contributed by atoms with Crippen LogP contribution in [0.15, 0.2) is 42.5 Å². The number of hydrogen-bond acceptors (Lipinski definition) is 2. The molecule has 1 aliphatic heterocycles. The summed E-state index contributed by atoms with van der Waals surface area (Å²) < 4.78 is 32.9. The molecule has 1 heterocycles. The van der Waals surface area contributed by atoms with E-state index in [1.165, 1.54) is 12.1 Å². The van der Waals surface area contributed by atoms with Crippen molar-refractivity contribution < 1.29 is 13.5 Å². The molecular formula is C16H15Cl2F2NO. The van der Waals surface area contributed by atoms with Gasteiger partial charge in [-0.15, -0.1) is 12.4 Å². The Kier molecular flexibility index (Phi) is 5.62. The molecule has 3 rings (SSSR count). The number of halogens is 4. The topological polar surface area (TPSA) is 21.3 Å². The van der Waals surface area contributed by atoms with Gasteiger partial charge in [0.15, 0.2) is 11.6 Å². The zero-order chi connectivity index (χ0) is 14.8. The Morgan fingerprint density at radius 3 is 2.41 bits per heavy atom. The lowest BCUT2D eigenvalue weighted by molar-refractivity contribution is 0.0950. The van der Waals surface area contributed by atoms with Crippen molar-refractivity contribution in [1.29, 1.82) is 0 Å². The first-order valence-corrected chi connectivity index (χ1v) is 7.10. The van der Waals surface area contributed by atoms with Crippen molar-refractivity contribution in [3.05, 3.63) is 64.7 Å². The summed E-state index contributed by atoms with van der Waals surface area (Å²) in [5.41, 5.74) is 0.746. The first-order valence-electron chi connectivity index (χ1n) is 6.72. The van der Waals surface area contributed by atoms with Gasteiger partial charge >= 0.3 is 0 Å². The Balaban J connectivity index is 0.00000176. The van der Waals surface area contributed by atoms with Crippen LogP contribution in [0.3, 0.4) is 0 Å². The molecule has 0 aromatic heterocycles. The summed E-state index contributed by atoms with van der Waals surface area (Å²) >= 11 is 5.84. The van der Waals surface area contributed by atoms with E-state index >= 15 is 0 Å². The van der Waals surface area contributed by atoms with Crippen molar-refractivity contribution >= 4 is 24.0 Å². The van der Waals surface area contributed by atoms with Gasteiger partial charge in [0.1, 0.15) is 11.9 Å². The van der Waals surface area contributed by atoms with Crippen LogP contribution in [0.2, 0.25) is 5.02 Å². The molecule has 6 heteroatoms. The molecule has 1 fully saturated rings. The molecular weight excluding hydrogens is 331 g/mol. The number of nitrogens with one attached hydrogen (secondary N) is 1. The highest BCUT2D eigenvalue weighted by Crippen LogP contribution is 2.33. The molecule has 0 saturated carbocycles. The smallest absolute Gasteiger partial charge is 0.165 e. The molecule has 1 atom stereocenters. The van der Waals surface area contributed by atoms with Crippen LogP contribution in [-0.2, 0) is 0 Å². The molecule has 0 spiro atoms. The first-order chi connectivity index (χ1) is 10.1. The number of para-hydroxylation sites is 1. The highest BCUT2D eigenvalue weighted by molar-refractivity contribution is 6.30. The molecule has 1 unspecified atom stereocenters. The molecule has 0 aliphatic carbocycles. The lowest BCUT2D eigenvalue weighted by Gasteiger charge is -2.35. The minimum Gasteiger partial charge on any atom is -0.482 e. The van der Waals surface area contributed by atoms with Gasteiger partial charge in [0.25, 0.3) is 0 Å². The van der Waals surface area contributed by atoms with E-state index in [1.54, 1.807) is 30.3 Å². The van der Waals surface area contributed by atoms with Crippen LogP contribution in [0.4, 0.5) is 8.78 Å². The molecule has 0 radical (unpaired) electrons. The highest BCUT2D eigenvalue weighted by Gasteiger charge is 2.31.